The highest BCUT2D eigenvalue weighted by Crippen LogP contribution is 2.14. The van der Waals surface area contributed by atoms with E-state index in [-0.39, 0.29) is 24.0 Å². The van der Waals surface area contributed by atoms with Gasteiger partial charge in [0, 0.05) is 57.3 Å². The van der Waals surface area contributed by atoms with Crippen LogP contribution in [0.3, 0.4) is 0 Å². The Labute approximate surface area is 153 Å². The van der Waals surface area contributed by atoms with Gasteiger partial charge in [0.15, 0.2) is 5.96 Å². The number of hydrogen-bond acceptors (Lipinski definition) is 2. The van der Waals surface area contributed by atoms with Gasteiger partial charge in [-0.05, 0) is 35.3 Å². The lowest BCUT2D eigenvalue weighted by atomic mass is 10.4. The molecule has 0 unspecified atom stereocenters. The van der Waals surface area contributed by atoms with Crippen molar-refractivity contribution in [2.45, 2.75) is 19.9 Å². The third-order valence-electron chi connectivity index (χ3n) is 3.00. The molecule has 0 radical (unpaired) electrons. The number of ether oxygens (including phenoxy) is 1. The van der Waals surface area contributed by atoms with Crippen molar-refractivity contribution >= 4 is 45.9 Å². The molecule has 0 atom stereocenters. The Morgan fingerprint density at radius 2 is 2.24 bits per heavy atom. The summed E-state index contributed by atoms with van der Waals surface area (Å²) in [5.41, 5.74) is 1.23. The smallest absolute Gasteiger partial charge is 0.193 e. The Kier molecular flexibility index (Phi) is 11.2. The van der Waals surface area contributed by atoms with Crippen LogP contribution >= 0.6 is 39.9 Å². The predicted octanol–water partition coefficient (Wildman–Crippen LogP) is 2.84. The van der Waals surface area contributed by atoms with Crippen molar-refractivity contribution in [3.63, 3.8) is 0 Å². The number of guanidine groups is 1. The number of aryl methyl sites for hydroxylation is 1. The average molecular weight is 473 g/mol. The first-order valence-corrected chi connectivity index (χ1v) is 7.68. The molecule has 0 aliphatic rings. The van der Waals surface area contributed by atoms with Crippen LogP contribution in [0.2, 0.25) is 0 Å². The van der Waals surface area contributed by atoms with Gasteiger partial charge in [0.1, 0.15) is 0 Å². The zero-order valence-electron chi connectivity index (χ0n) is 13.2. The van der Waals surface area contributed by atoms with Crippen LogP contribution in [0.5, 0.6) is 0 Å². The van der Waals surface area contributed by atoms with Crippen molar-refractivity contribution in [3.05, 3.63) is 22.4 Å². The summed E-state index contributed by atoms with van der Waals surface area (Å²) in [6.07, 6.45) is 3.04. The number of nitrogens with zero attached hydrogens (tertiary/aromatic N) is 3. The monoisotopic (exact) mass is 472 g/mol. The summed E-state index contributed by atoms with van der Waals surface area (Å²) in [5, 5.41) is 3.35. The Morgan fingerprint density at radius 1 is 1.52 bits per heavy atom. The molecule has 21 heavy (non-hydrogen) atoms. The molecule has 0 bridgehead atoms. The Balaban J connectivity index is 0.00000400. The summed E-state index contributed by atoms with van der Waals surface area (Å²) >= 11 is 3.49. The van der Waals surface area contributed by atoms with Gasteiger partial charge in [0.25, 0.3) is 0 Å². The number of aliphatic imine (C=N–C) groups is 1. The SMILES string of the molecule is CCOCCCNC(=NC)N(C)Cc1cc(Br)cn1C.I. The maximum Gasteiger partial charge on any atom is 0.193 e. The van der Waals surface area contributed by atoms with Crippen molar-refractivity contribution in [1.82, 2.24) is 14.8 Å². The molecule has 1 aromatic heterocycles. The molecule has 0 aromatic carbocycles. The van der Waals surface area contributed by atoms with Gasteiger partial charge in [-0.15, -0.1) is 24.0 Å². The second-order valence-corrected chi connectivity index (χ2v) is 5.56. The molecule has 0 spiro atoms. The van der Waals surface area contributed by atoms with Crippen LogP contribution in [0, 0.1) is 0 Å². The number of aromatic nitrogens is 1. The van der Waals surface area contributed by atoms with Gasteiger partial charge in [0.05, 0.1) is 6.54 Å². The zero-order valence-corrected chi connectivity index (χ0v) is 17.1. The molecule has 1 N–H and O–H groups in total. The maximum atomic E-state index is 5.32. The minimum absolute atomic E-state index is 0. The third-order valence-corrected chi connectivity index (χ3v) is 3.43. The Bertz CT molecular complexity index is 437. The molecule has 0 fully saturated rings. The minimum atomic E-state index is 0. The van der Waals surface area contributed by atoms with Gasteiger partial charge in [0.2, 0.25) is 0 Å². The van der Waals surface area contributed by atoms with E-state index in [0.717, 1.165) is 43.2 Å². The van der Waals surface area contributed by atoms with E-state index in [4.69, 9.17) is 4.74 Å². The van der Waals surface area contributed by atoms with Crippen LogP contribution in [-0.4, -0.2) is 49.3 Å². The van der Waals surface area contributed by atoms with Crippen LogP contribution in [0.25, 0.3) is 0 Å². The summed E-state index contributed by atoms with van der Waals surface area (Å²) in [6, 6.07) is 2.12. The first-order valence-electron chi connectivity index (χ1n) is 6.88. The Morgan fingerprint density at radius 3 is 2.76 bits per heavy atom. The lowest BCUT2D eigenvalue weighted by molar-refractivity contribution is 0.145. The molecule has 0 aliphatic carbocycles. The first-order chi connectivity index (χ1) is 9.58. The molecule has 122 valence electrons. The van der Waals surface area contributed by atoms with Crippen molar-refractivity contribution in [2.24, 2.45) is 12.0 Å². The predicted molar refractivity (Wildman–Crippen MR) is 102 cm³/mol. The van der Waals surface area contributed by atoms with E-state index in [0.29, 0.717) is 0 Å². The highest BCUT2D eigenvalue weighted by Gasteiger charge is 2.09. The van der Waals surface area contributed by atoms with Gasteiger partial charge in [-0.3, -0.25) is 4.99 Å². The average Bonchev–Trinajstić information content (AvgIpc) is 2.72. The summed E-state index contributed by atoms with van der Waals surface area (Å²) in [6.45, 7) is 5.26. The number of rotatable bonds is 7. The minimum Gasteiger partial charge on any atom is -0.382 e. The number of hydrogen-bond donors (Lipinski definition) is 1. The van der Waals surface area contributed by atoms with Gasteiger partial charge in [-0.2, -0.15) is 0 Å². The number of halogens is 2. The topological polar surface area (TPSA) is 41.8 Å². The Hall–Kier alpha value is -0.280. The van der Waals surface area contributed by atoms with E-state index in [1.54, 1.807) is 0 Å². The second-order valence-electron chi connectivity index (χ2n) is 4.64. The van der Waals surface area contributed by atoms with Gasteiger partial charge in [-0.25, -0.2) is 0 Å². The van der Waals surface area contributed by atoms with E-state index < -0.39 is 0 Å². The molecule has 7 heteroatoms. The lowest BCUT2D eigenvalue weighted by Crippen LogP contribution is -2.39. The molecule has 0 aliphatic heterocycles. The fourth-order valence-corrected chi connectivity index (χ4v) is 2.52. The number of nitrogens with one attached hydrogen (secondary N) is 1. The van der Waals surface area contributed by atoms with E-state index >= 15 is 0 Å². The van der Waals surface area contributed by atoms with E-state index in [1.807, 2.05) is 28.1 Å². The molecule has 0 saturated carbocycles. The van der Waals surface area contributed by atoms with Crippen molar-refractivity contribution in [3.8, 4) is 0 Å². The summed E-state index contributed by atoms with van der Waals surface area (Å²) in [4.78, 5) is 6.42. The van der Waals surface area contributed by atoms with Crippen molar-refractivity contribution in [2.75, 3.05) is 33.9 Å². The van der Waals surface area contributed by atoms with Crippen LogP contribution < -0.4 is 5.32 Å². The van der Waals surface area contributed by atoms with Crippen molar-refractivity contribution < 1.29 is 4.74 Å². The van der Waals surface area contributed by atoms with Gasteiger partial charge in [-0.1, -0.05) is 0 Å². The molecule has 1 rings (SSSR count). The van der Waals surface area contributed by atoms with Crippen LogP contribution in [0.1, 0.15) is 19.0 Å². The largest absolute Gasteiger partial charge is 0.382 e. The normalized spacial score (nSPS) is 11.2. The first kappa shape index (κ1) is 20.7. The summed E-state index contributed by atoms with van der Waals surface area (Å²) in [5.74, 6) is 0.902. The molecule has 1 heterocycles. The van der Waals surface area contributed by atoms with E-state index in [2.05, 4.69) is 48.0 Å². The molecule has 1 aromatic rings. The van der Waals surface area contributed by atoms with Crippen molar-refractivity contribution in [1.29, 1.82) is 0 Å². The van der Waals surface area contributed by atoms with E-state index in [1.165, 1.54) is 5.69 Å². The maximum absolute atomic E-state index is 5.32. The molecular weight excluding hydrogens is 447 g/mol. The fourth-order valence-electron chi connectivity index (χ4n) is 1.94. The molecule has 0 amide bonds. The highest BCUT2D eigenvalue weighted by molar-refractivity contribution is 14.0. The standard InChI is InChI=1S/C14H25BrN4O.HI/c1-5-20-8-6-7-17-14(16-2)19(4)11-13-9-12(15)10-18(13)3;/h9-10H,5-8,11H2,1-4H3,(H,16,17);1H. The van der Waals surface area contributed by atoms with Gasteiger partial charge >= 0.3 is 0 Å². The third kappa shape index (κ3) is 7.51. The van der Waals surface area contributed by atoms with Gasteiger partial charge < -0.3 is 19.5 Å². The van der Waals surface area contributed by atoms with E-state index in [9.17, 15) is 0 Å². The summed E-state index contributed by atoms with van der Waals surface area (Å²) < 4.78 is 8.54. The summed E-state index contributed by atoms with van der Waals surface area (Å²) in [7, 11) is 5.90. The molecule has 5 nitrogen and oxygen atoms in total. The highest BCUT2D eigenvalue weighted by atomic mass is 127. The van der Waals surface area contributed by atoms with Crippen LogP contribution in [-0.2, 0) is 18.3 Å². The molecular formula is C14H26BrIN4O. The molecule has 0 saturated heterocycles. The van der Waals surface area contributed by atoms with Crippen LogP contribution in [0.4, 0.5) is 0 Å². The lowest BCUT2D eigenvalue weighted by Gasteiger charge is -2.22. The van der Waals surface area contributed by atoms with Crippen LogP contribution in [0.15, 0.2) is 21.7 Å². The quantitative estimate of drug-likeness (QED) is 0.287. The second kappa shape index (κ2) is 11.3. The zero-order chi connectivity index (χ0) is 15.0. The fraction of sp³-hybridized carbons (Fsp3) is 0.643.